The average Bonchev–Trinajstić information content (AvgIpc) is 2.64. The number of amides is 1. The Balaban J connectivity index is 2.03. The zero-order chi connectivity index (χ0) is 12.6. The number of hydrogen-bond donors (Lipinski definition) is 1. The van der Waals surface area contributed by atoms with E-state index in [2.05, 4.69) is 0 Å². The molecule has 98 valence electrons. The lowest BCUT2D eigenvalue weighted by molar-refractivity contribution is -0.0687. The van der Waals surface area contributed by atoms with Gasteiger partial charge in [-0.25, -0.2) is 4.79 Å². The molecule has 0 aromatic heterocycles. The highest BCUT2D eigenvalue weighted by Crippen LogP contribution is 2.29. The number of nitrogens with zero attached hydrogens (tertiary/aromatic N) is 1. The summed E-state index contributed by atoms with van der Waals surface area (Å²) in [5.41, 5.74) is -0.484. The SMILES string of the molecule is CC(C)(C)OC(=O)N1CCC(O)C2OCCC21. The Morgan fingerprint density at radius 1 is 1.41 bits per heavy atom. The molecule has 2 saturated heterocycles. The Morgan fingerprint density at radius 2 is 2.12 bits per heavy atom. The number of carbonyl (C=O) groups excluding carboxylic acids is 1. The molecule has 2 rings (SSSR count). The van der Waals surface area contributed by atoms with Crippen molar-refractivity contribution in [1.82, 2.24) is 4.90 Å². The van der Waals surface area contributed by atoms with E-state index in [-0.39, 0.29) is 18.2 Å². The first-order chi connectivity index (χ1) is 7.88. The summed E-state index contributed by atoms with van der Waals surface area (Å²) >= 11 is 0. The molecular formula is C12H21NO4. The van der Waals surface area contributed by atoms with E-state index in [9.17, 15) is 9.90 Å². The minimum atomic E-state index is -0.484. The Hall–Kier alpha value is -0.810. The normalized spacial score (nSPS) is 33.4. The Labute approximate surface area is 102 Å². The van der Waals surface area contributed by atoms with E-state index in [1.54, 1.807) is 4.90 Å². The summed E-state index contributed by atoms with van der Waals surface area (Å²) in [6.45, 7) is 6.71. The fourth-order valence-electron chi connectivity index (χ4n) is 2.45. The molecule has 0 radical (unpaired) electrons. The standard InChI is InChI=1S/C12H21NO4/c1-12(2,3)17-11(15)13-6-4-9(14)10-8(13)5-7-16-10/h8-10,14H,4-7H2,1-3H3. The van der Waals surface area contributed by atoms with Crippen LogP contribution < -0.4 is 0 Å². The zero-order valence-electron chi connectivity index (χ0n) is 10.7. The second-order valence-electron chi connectivity index (χ2n) is 5.72. The predicted molar refractivity (Wildman–Crippen MR) is 61.7 cm³/mol. The molecule has 2 aliphatic rings. The summed E-state index contributed by atoms with van der Waals surface area (Å²) in [4.78, 5) is 13.7. The maximum absolute atomic E-state index is 12.0. The van der Waals surface area contributed by atoms with Crippen LogP contribution in [0, 0.1) is 0 Å². The maximum Gasteiger partial charge on any atom is 0.410 e. The summed E-state index contributed by atoms with van der Waals surface area (Å²) in [6.07, 6.45) is 0.337. The molecule has 0 aromatic rings. The van der Waals surface area contributed by atoms with Crippen molar-refractivity contribution in [3.05, 3.63) is 0 Å². The van der Waals surface area contributed by atoms with Gasteiger partial charge in [0.25, 0.3) is 0 Å². The van der Waals surface area contributed by atoms with Crippen molar-refractivity contribution in [2.45, 2.75) is 57.5 Å². The lowest BCUT2D eigenvalue weighted by Crippen LogP contribution is -2.55. The number of rotatable bonds is 0. The molecule has 1 amide bonds. The van der Waals surface area contributed by atoms with Gasteiger partial charge in [-0.05, 0) is 33.6 Å². The van der Waals surface area contributed by atoms with Crippen molar-refractivity contribution in [1.29, 1.82) is 0 Å². The molecule has 2 fully saturated rings. The van der Waals surface area contributed by atoms with Gasteiger partial charge in [0, 0.05) is 13.2 Å². The van der Waals surface area contributed by atoms with Crippen LogP contribution in [0.25, 0.3) is 0 Å². The third-order valence-corrected chi connectivity index (χ3v) is 3.18. The highest BCUT2D eigenvalue weighted by atomic mass is 16.6. The van der Waals surface area contributed by atoms with Crippen LogP contribution in [0.5, 0.6) is 0 Å². The van der Waals surface area contributed by atoms with Crippen LogP contribution in [0.15, 0.2) is 0 Å². The third kappa shape index (κ3) is 2.72. The fourth-order valence-corrected chi connectivity index (χ4v) is 2.45. The highest BCUT2D eigenvalue weighted by Gasteiger charge is 2.44. The molecule has 2 aliphatic heterocycles. The second-order valence-corrected chi connectivity index (χ2v) is 5.72. The minimum Gasteiger partial charge on any atom is -0.444 e. The smallest absolute Gasteiger partial charge is 0.410 e. The number of likely N-dealkylation sites (tertiary alicyclic amines) is 1. The number of hydrogen-bond acceptors (Lipinski definition) is 4. The van der Waals surface area contributed by atoms with Gasteiger partial charge in [-0.3, -0.25) is 0 Å². The zero-order valence-corrected chi connectivity index (χ0v) is 10.7. The molecule has 0 bridgehead atoms. The van der Waals surface area contributed by atoms with E-state index in [0.717, 1.165) is 6.42 Å². The number of carbonyl (C=O) groups is 1. The van der Waals surface area contributed by atoms with Gasteiger partial charge in [0.15, 0.2) is 0 Å². The molecule has 17 heavy (non-hydrogen) atoms. The molecule has 0 aromatic carbocycles. The van der Waals surface area contributed by atoms with Gasteiger partial charge in [0.2, 0.25) is 0 Å². The third-order valence-electron chi connectivity index (χ3n) is 3.18. The summed E-state index contributed by atoms with van der Waals surface area (Å²) < 4.78 is 10.9. The van der Waals surface area contributed by atoms with Crippen molar-refractivity contribution < 1.29 is 19.4 Å². The molecule has 0 saturated carbocycles. The van der Waals surface area contributed by atoms with Crippen LogP contribution in [0.4, 0.5) is 4.79 Å². The van der Waals surface area contributed by atoms with Crippen LogP contribution in [-0.4, -0.2) is 53.1 Å². The number of ether oxygens (including phenoxy) is 2. The fraction of sp³-hybridized carbons (Fsp3) is 0.917. The maximum atomic E-state index is 12.0. The van der Waals surface area contributed by atoms with Crippen LogP contribution in [0.1, 0.15) is 33.6 Å². The molecule has 3 atom stereocenters. The first kappa shape index (κ1) is 12.6. The Kier molecular flexibility index (Phi) is 3.32. The summed E-state index contributed by atoms with van der Waals surface area (Å²) in [5, 5.41) is 9.81. The van der Waals surface area contributed by atoms with Crippen molar-refractivity contribution in [2.24, 2.45) is 0 Å². The first-order valence-electron chi connectivity index (χ1n) is 6.18. The Morgan fingerprint density at radius 3 is 2.76 bits per heavy atom. The average molecular weight is 243 g/mol. The van der Waals surface area contributed by atoms with Gasteiger partial charge in [-0.2, -0.15) is 0 Å². The van der Waals surface area contributed by atoms with Crippen molar-refractivity contribution in [3.63, 3.8) is 0 Å². The lowest BCUT2D eigenvalue weighted by atomic mass is 9.96. The van der Waals surface area contributed by atoms with Gasteiger partial charge < -0.3 is 19.5 Å². The van der Waals surface area contributed by atoms with Crippen molar-refractivity contribution in [2.75, 3.05) is 13.2 Å². The second kappa shape index (κ2) is 4.46. The van der Waals surface area contributed by atoms with Gasteiger partial charge in [0.05, 0.1) is 12.1 Å². The molecule has 5 heteroatoms. The van der Waals surface area contributed by atoms with Crippen molar-refractivity contribution >= 4 is 6.09 Å². The van der Waals surface area contributed by atoms with E-state index in [4.69, 9.17) is 9.47 Å². The lowest BCUT2D eigenvalue weighted by Gasteiger charge is -2.39. The first-order valence-corrected chi connectivity index (χ1v) is 6.18. The monoisotopic (exact) mass is 243 g/mol. The summed E-state index contributed by atoms with van der Waals surface area (Å²) in [5.74, 6) is 0. The number of fused-ring (bicyclic) bond motifs is 1. The molecular weight excluding hydrogens is 222 g/mol. The molecule has 2 heterocycles. The molecule has 0 spiro atoms. The molecule has 3 unspecified atom stereocenters. The van der Waals surface area contributed by atoms with Crippen LogP contribution in [0.3, 0.4) is 0 Å². The van der Waals surface area contributed by atoms with E-state index in [0.29, 0.717) is 19.6 Å². The van der Waals surface area contributed by atoms with E-state index in [1.165, 1.54) is 0 Å². The van der Waals surface area contributed by atoms with Crippen molar-refractivity contribution in [3.8, 4) is 0 Å². The van der Waals surface area contributed by atoms with Crippen LogP contribution in [0.2, 0.25) is 0 Å². The van der Waals surface area contributed by atoms with E-state index < -0.39 is 11.7 Å². The molecule has 0 aliphatic carbocycles. The van der Waals surface area contributed by atoms with Gasteiger partial charge >= 0.3 is 6.09 Å². The number of piperidine rings is 1. The largest absolute Gasteiger partial charge is 0.444 e. The van der Waals surface area contributed by atoms with Gasteiger partial charge in [-0.15, -0.1) is 0 Å². The quantitative estimate of drug-likeness (QED) is 0.693. The minimum absolute atomic E-state index is 0.0337. The predicted octanol–water partition coefficient (Wildman–Crippen LogP) is 1.15. The molecule has 5 nitrogen and oxygen atoms in total. The highest BCUT2D eigenvalue weighted by molar-refractivity contribution is 5.69. The summed E-state index contributed by atoms with van der Waals surface area (Å²) in [7, 11) is 0. The topological polar surface area (TPSA) is 59.0 Å². The molecule has 1 N–H and O–H groups in total. The van der Waals surface area contributed by atoms with Gasteiger partial charge in [0.1, 0.15) is 11.7 Å². The Bertz CT molecular complexity index is 299. The number of aliphatic hydroxyl groups is 1. The van der Waals surface area contributed by atoms with Gasteiger partial charge in [-0.1, -0.05) is 0 Å². The van der Waals surface area contributed by atoms with E-state index in [1.807, 2.05) is 20.8 Å². The number of aliphatic hydroxyl groups excluding tert-OH is 1. The van der Waals surface area contributed by atoms with E-state index >= 15 is 0 Å². The van der Waals surface area contributed by atoms with Crippen LogP contribution >= 0.6 is 0 Å². The summed E-state index contributed by atoms with van der Waals surface area (Å²) in [6, 6.07) is -0.0337. The van der Waals surface area contributed by atoms with Crippen LogP contribution in [-0.2, 0) is 9.47 Å².